The Hall–Kier alpha value is -3.80. The van der Waals surface area contributed by atoms with E-state index in [4.69, 9.17) is 14.2 Å². The Morgan fingerprint density at radius 1 is 0.935 bits per heavy atom. The number of hydrogen-bond acceptors (Lipinski definition) is 5. The van der Waals surface area contributed by atoms with Gasteiger partial charge in [0.2, 0.25) is 6.79 Å². The van der Waals surface area contributed by atoms with E-state index in [1.807, 2.05) is 79.7 Å². The number of carbonyl (C=O) groups is 2. The van der Waals surface area contributed by atoms with Crippen molar-refractivity contribution in [2.24, 2.45) is 0 Å². The second-order valence-electron chi connectivity index (χ2n) is 7.30. The van der Waals surface area contributed by atoms with Crippen LogP contribution in [0.1, 0.15) is 24.1 Å². The predicted octanol–water partition coefficient (Wildman–Crippen LogP) is 4.05. The first kappa shape index (κ1) is 20.5. The molecule has 3 aromatic carbocycles. The highest BCUT2D eigenvalue weighted by Gasteiger charge is 2.17. The largest absolute Gasteiger partial charge is 0.455 e. The van der Waals surface area contributed by atoms with Gasteiger partial charge in [0.05, 0.1) is 12.5 Å². The molecular formula is C25H23NO5. The van der Waals surface area contributed by atoms with Gasteiger partial charge in [0, 0.05) is 0 Å². The van der Waals surface area contributed by atoms with Crippen LogP contribution in [0.2, 0.25) is 0 Å². The SMILES string of the molecule is C[C@H](NC(=O)COC(=O)Cc1ccc(-c2ccccc2)cc1)c1ccc2c(c1)OCO2. The molecule has 0 saturated carbocycles. The molecule has 0 bridgehead atoms. The van der Waals surface area contributed by atoms with Gasteiger partial charge in [-0.05, 0) is 41.3 Å². The maximum Gasteiger partial charge on any atom is 0.310 e. The van der Waals surface area contributed by atoms with Crippen molar-refractivity contribution in [3.8, 4) is 22.6 Å². The van der Waals surface area contributed by atoms with Crippen LogP contribution in [0.5, 0.6) is 11.5 Å². The zero-order chi connectivity index (χ0) is 21.6. The molecule has 6 nitrogen and oxygen atoms in total. The predicted molar refractivity (Wildman–Crippen MR) is 116 cm³/mol. The minimum Gasteiger partial charge on any atom is -0.455 e. The Morgan fingerprint density at radius 3 is 2.42 bits per heavy atom. The Morgan fingerprint density at radius 2 is 1.65 bits per heavy atom. The Balaban J connectivity index is 1.24. The minimum atomic E-state index is -0.446. The van der Waals surface area contributed by atoms with Crippen LogP contribution in [0.3, 0.4) is 0 Å². The van der Waals surface area contributed by atoms with Gasteiger partial charge in [-0.2, -0.15) is 0 Å². The number of amides is 1. The van der Waals surface area contributed by atoms with Crippen LogP contribution in [0.15, 0.2) is 72.8 Å². The van der Waals surface area contributed by atoms with E-state index in [0.29, 0.717) is 11.5 Å². The summed E-state index contributed by atoms with van der Waals surface area (Å²) < 4.78 is 15.8. The quantitative estimate of drug-likeness (QED) is 0.587. The molecule has 1 aliphatic heterocycles. The number of ether oxygens (including phenoxy) is 3. The highest BCUT2D eigenvalue weighted by molar-refractivity contribution is 5.81. The molecule has 1 amide bonds. The van der Waals surface area contributed by atoms with E-state index in [9.17, 15) is 9.59 Å². The smallest absolute Gasteiger partial charge is 0.310 e. The van der Waals surface area contributed by atoms with Crippen LogP contribution in [-0.4, -0.2) is 25.3 Å². The van der Waals surface area contributed by atoms with Crippen LogP contribution in [0.4, 0.5) is 0 Å². The molecule has 3 aromatic rings. The maximum atomic E-state index is 12.2. The monoisotopic (exact) mass is 417 g/mol. The Bertz CT molecular complexity index is 1060. The fourth-order valence-electron chi connectivity index (χ4n) is 3.36. The van der Waals surface area contributed by atoms with Crippen molar-refractivity contribution in [1.82, 2.24) is 5.32 Å². The molecule has 6 heteroatoms. The standard InChI is InChI=1S/C25H23NO5/c1-17(21-11-12-22-23(14-21)31-16-30-22)26-24(27)15-29-25(28)13-18-7-9-20(10-8-18)19-5-3-2-4-6-19/h2-12,14,17H,13,15-16H2,1H3,(H,26,27)/t17-/m0/s1. The highest BCUT2D eigenvalue weighted by Crippen LogP contribution is 2.34. The van der Waals surface area contributed by atoms with Crippen molar-refractivity contribution in [2.45, 2.75) is 19.4 Å². The third-order valence-corrected chi connectivity index (χ3v) is 5.05. The zero-order valence-electron chi connectivity index (χ0n) is 17.2. The number of rotatable bonds is 7. The average Bonchev–Trinajstić information content (AvgIpc) is 3.27. The lowest BCUT2D eigenvalue weighted by Crippen LogP contribution is -2.31. The van der Waals surface area contributed by atoms with E-state index in [1.54, 1.807) is 0 Å². The van der Waals surface area contributed by atoms with E-state index >= 15 is 0 Å². The summed E-state index contributed by atoms with van der Waals surface area (Å²) in [4.78, 5) is 24.3. The van der Waals surface area contributed by atoms with Crippen LogP contribution in [0.25, 0.3) is 11.1 Å². The lowest BCUT2D eigenvalue weighted by Gasteiger charge is -2.15. The third kappa shape index (κ3) is 5.22. The van der Waals surface area contributed by atoms with Crippen LogP contribution in [-0.2, 0) is 20.7 Å². The second-order valence-corrected chi connectivity index (χ2v) is 7.30. The van der Waals surface area contributed by atoms with E-state index in [2.05, 4.69) is 5.32 Å². The molecule has 0 saturated heterocycles. The molecule has 0 fully saturated rings. The van der Waals surface area contributed by atoms with E-state index in [1.165, 1.54) is 0 Å². The van der Waals surface area contributed by atoms with Gasteiger partial charge in [0.1, 0.15) is 0 Å². The summed E-state index contributed by atoms with van der Waals surface area (Å²) >= 11 is 0. The van der Waals surface area contributed by atoms with Crippen molar-refractivity contribution in [1.29, 1.82) is 0 Å². The van der Waals surface area contributed by atoms with Crippen LogP contribution >= 0.6 is 0 Å². The second kappa shape index (κ2) is 9.34. The van der Waals surface area contributed by atoms with Crippen LogP contribution in [0, 0.1) is 0 Å². The first-order chi connectivity index (χ1) is 15.1. The van der Waals surface area contributed by atoms with Gasteiger partial charge in [-0.1, -0.05) is 60.7 Å². The summed E-state index contributed by atoms with van der Waals surface area (Å²) in [6, 6.07) is 23.0. The fraction of sp³-hybridized carbons (Fsp3) is 0.200. The molecule has 1 heterocycles. The number of benzene rings is 3. The lowest BCUT2D eigenvalue weighted by molar-refractivity contribution is -0.148. The Kier molecular flexibility index (Phi) is 6.17. The molecule has 0 aliphatic carbocycles. The lowest BCUT2D eigenvalue weighted by atomic mass is 10.0. The Labute approximate surface area is 180 Å². The average molecular weight is 417 g/mol. The topological polar surface area (TPSA) is 73.9 Å². The van der Waals surface area contributed by atoms with Crippen molar-refractivity contribution in [3.05, 3.63) is 83.9 Å². The number of nitrogens with one attached hydrogen (secondary N) is 1. The summed E-state index contributed by atoms with van der Waals surface area (Å²) in [5, 5.41) is 2.82. The van der Waals surface area contributed by atoms with Gasteiger partial charge in [-0.25, -0.2) is 0 Å². The number of esters is 1. The molecule has 1 atom stereocenters. The first-order valence-corrected chi connectivity index (χ1v) is 10.1. The van der Waals surface area contributed by atoms with Gasteiger partial charge >= 0.3 is 5.97 Å². The summed E-state index contributed by atoms with van der Waals surface area (Å²) in [5.74, 6) is 0.535. The van der Waals surface area contributed by atoms with Gasteiger partial charge in [-0.15, -0.1) is 0 Å². The van der Waals surface area contributed by atoms with E-state index in [0.717, 1.165) is 22.3 Å². The van der Waals surface area contributed by atoms with Crippen molar-refractivity contribution >= 4 is 11.9 Å². The summed E-state index contributed by atoms with van der Waals surface area (Å²) in [5.41, 5.74) is 3.90. The molecule has 4 rings (SSSR count). The number of fused-ring (bicyclic) bond motifs is 1. The van der Waals surface area contributed by atoms with Crippen molar-refractivity contribution in [2.75, 3.05) is 13.4 Å². The first-order valence-electron chi connectivity index (χ1n) is 10.1. The number of hydrogen-bond donors (Lipinski definition) is 1. The van der Waals surface area contributed by atoms with Gasteiger partial charge in [-0.3, -0.25) is 9.59 Å². The van der Waals surface area contributed by atoms with Crippen molar-refractivity contribution < 1.29 is 23.8 Å². The van der Waals surface area contributed by atoms with Crippen LogP contribution < -0.4 is 14.8 Å². The van der Waals surface area contributed by atoms with E-state index < -0.39 is 5.97 Å². The molecule has 0 unspecified atom stereocenters. The van der Waals surface area contributed by atoms with Gasteiger partial charge in [0.25, 0.3) is 5.91 Å². The molecule has 1 aliphatic rings. The van der Waals surface area contributed by atoms with Crippen molar-refractivity contribution in [3.63, 3.8) is 0 Å². The normalized spacial score (nSPS) is 12.8. The molecule has 31 heavy (non-hydrogen) atoms. The number of carbonyl (C=O) groups excluding carboxylic acids is 2. The molecule has 1 N–H and O–H groups in total. The zero-order valence-corrected chi connectivity index (χ0v) is 17.2. The fourth-order valence-corrected chi connectivity index (χ4v) is 3.36. The highest BCUT2D eigenvalue weighted by atomic mass is 16.7. The molecule has 0 radical (unpaired) electrons. The molecule has 0 spiro atoms. The summed E-state index contributed by atoms with van der Waals surface area (Å²) in [7, 11) is 0. The molecule has 158 valence electrons. The molecular weight excluding hydrogens is 394 g/mol. The van der Waals surface area contributed by atoms with Gasteiger partial charge < -0.3 is 19.5 Å². The summed E-state index contributed by atoms with van der Waals surface area (Å²) in [6.07, 6.45) is 0.111. The maximum absolute atomic E-state index is 12.2. The third-order valence-electron chi connectivity index (χ3n) is 5.05. The van der Waals surface area contributed by atoms with Gasteiger partial charge in [0.15, 0.2) is 18.1 Å². The molecule has 0 aromatic heterocycles. The summed E-state index contributed by atoms with van der Waals surface area (Å²) in [6.45, 7) is 1.73. The minimum absolute atomic E-state index is 0.111. The van der Waals surface area contributed by atoms with E-state index in [-0.39, 0.29) is 31.8 Å².